The van der Waals surface area contributed by atoms with Gasteiger partial charge >= 0.3 is 0 Å². The zero-order chi connectivity index (χ0) is 13.3. The van der Waals surface area contributed by atoms with Gasteiger partial charge in [0.2, 0.25) is 10.0 Å². The molecule has 0 heterocycles. The SMILES string of the molecule is CCOCC(C)OCCC(C)CCS(N)(=O)=O. The smallest absolute Gasteiger partial charge is 0.209 e. The lowest BCUT2D eigenvalue weighted by Gasteiger charge is -2.15. The maximum atomic E-state index is 10.8. The van der Waals surface area contributed by atoms with Crippen LogP contribution in [0.3, 0.4) is 0 Å². The summed E-state index contributed by atoms with van der Waals surface area (Å²) in [6.45, 7) is 7.83. The molecule has 0 fully saturated rings. The van der Waals surface area contributed by atoms with Gasteiger partial charge in [-0.3, -0.25) is 0 Å². The van der Waals surface area contributed by atoms with Gasteiger partial charge < -0.3 is 9.47 Å². The Labute approximate surface area is 105 Å². The molecule has 5 nitrogen and oxygen atoms in total. The van der Waals surface area contributed by atoms with Gasteiger partial charge in [-0.15, -0.1) is 0 Å². The number of hydrogen-bond acceptors (Lipinski definition) is 4. The molecule has 104 valence electrons. The Morgan fingerprint density at radius 2 is 1.88 bits per heavy atom. The molecule has 0 aliphatic rings. The van der Waals surface area contributed by atoms with Crippen LogP contribution in [0.5, 0.6) is 0 Å². The number of nitrogens with two attached hydrogens (primary N) is 1. The van der Waals surface area contributed by atoms with E-state index in [1.165, 1.54) is 0 Å². The highest BCUT2D eigenvalue weighted by atomic mass is 32.2. The molecule has 0 rings (SSSR count). The number of hydrogen-bond donors (Lipinski definition) is 1. The van der Waals surface area contributed by atoms with E-state index in [1.54, 1.807) is 0 Å². The molecule has 0 saturated carbocycles. The summed E-state index contributed by atoms with van der Waals surface area (Å²) in [6, 6.07) is 0. The Morgan fingerprint density at radius 1 is 1.24 bits per heavy atom. The van der Waals surface area contributed by atoms with Gasteiger partial charge in [0.25, 0.3) is 0 Å². The van der Waals surface area contributed by atoms with Crippen molar-refractivity contribution in [3.63, 3.8) is 0 Å². The van der Waals surface area contributed by atoms with Crippen LogP contribution in [0.15, 0.2) is 0 Å². The van der Waals surface area contributed by atoms with Gasteiger partial charge in [-0.25, -0.2) is 13.6 Å². The topological polar surface area (TPSA) is 78.6 Å². The minimum Gasteiger partial charge on any atom is -0.379 e. The number of ether oxygens (including phenoxy) is 2. The van der Waals surface area contributed by atoms with Crippen LogP contribution in [0.1, 0.15) is 33.6 Å². The van der Waals surface area contributed by atoms with Crippen molar-refractivity contribution < 1.29 is 17.9 Å². The Balaban J connectivity index is 3.54. The summed E-state index contributed by atoms with van der Waals surface area (Å²) < 4.78 is 32.3. The van der Waals surface area contributed by atoms with Crippen molar-refractivity contribution in [2.24, 2.45) is 11.1 Å². The van der Waals surface area contributed by atoms with Gasteiger partial charge in [-0.05, 0) is 32.6 Å². The predicted molar refractivity (Wildman–Crippen MR) is 68.3 cm³/mol. The lowest BCUT2D eigenvalue weighted by Crippen LogP contribution is -2.20. The molecule has 6 heteroatoms. The zero-order valence-corrected chi connectivity index (χ0v) is 11.8. The molecule has 0 aromatic carbocycles. The maximum absolute atomic E-state index is 10.8. The van der Waals surface area contributed by atoms with E-state index in [1.807, 2.05) is 20.8 Å². The van der Waals surface area contributed by atoms with E-state index in [9.17, 15) is 8.42 Å². The Bertz CT molecular complexity index is 279. The average Bonchev–Trinajstić information content (AvgIpc) is 2.22. The summed E-state index contributed by atoms with van der Waals surface area (Å²) in [5, 5.41) is 4.94. The minimum atomic E-state index is -3.33. The molecule has 0 amide bonds. The first-order valence-electron chi connectivity index (χ1n) is 6.05. The molecule has 0 aromatic rings. The highest BCUT2D eigenvalue weighted by molar-refractivity contribution is 7.89. The molecule has 0 aliphatic carbocycles. The van der Waals surface area contributed by atoms with Crippen molar-refractivity contribution in [2.75, 3.05) is 25.6 Å². The highest BCUT2D eigenvalue weighted by Crippen LogP contribution is 2.09. The van der Waals surface area contributed by atoms with Crippen LogP contribution in [0.4, 0.5) is 0 Å². The van der Waals surface area contributed by atoms with Gasteiger partial charge in [0, 0.05) is 13.2 Å². The maximum Gasteiger partial charge on any atom is 0.209 e. The third kappa shape index (κ3) is 12.1. The molecule has 17 heavy (non-hydrogen) atoms. The third-order valence-corrected chi connectivity index (χ3v) is 3.27. The molecule has 0 aliphatic heterocycles. The second-order valence-electron chi connectivity index (χ2n) is 4.39. The van der Waals surface area contributed by atoms with Crippen LogP contribution >= 0.6 is 0 Å². The standard InChI is InChI=1S/C11H25NO4S/c1-4-15-9-11(3)16-7-5-10(2)6-8-17(12,13)14/h10-11H,4-9H2,1-3H3,(H2,12,13,14). The van der Waals surface area contributed by atoms with Gasteiger partial charge in [0.05, 0.1) is 18.5 Å². The first-order chi connectivity index (χ1) is 7.85. The van der Waals surface area contributed by atoms with Gasteiger partial charge in [-0.2, -0.15) is 0 Å². The highest BCUT2D eigenvalue weighted by Gasteiger charge is 2.09. The molecule has 0 saturated heterocycles. The van der Waals surface area contributed by atoms with E-state index in [0.29, 0.717) is 32.2 Å². The normalized spacial score (nSPS) is 15.8. The van der Waals surface area contributed by atoms with Crippen LogP contribution in [0.25, 0.3) is 0 Å². The van der Waals surface area contributed by atoms with Crippen molar-refractivity contribution in [1.29, 1.82) is 0 Å². The van der Waals surface area contributed by atoms with Gasteiger partial charge in [0.1, 0.15) is 0 Å². The molecule has 0 aromatic heterocycles. The fourth-order valence-corrected chi connectivity index (χ4v) is 2.04. The summed E-state index contributed by atoms with van der Waals surface area (Å²) in [5.41, 5.74) is 0. The molecular formula is C11H25NO4S. The second kappa shape index (κ2) is 8.85. The molecule has 2 unspecified atom stereocenters. The Morgan fingerprint density at radius 3 is 2.41 bits per heavy atom. The summed E-state index contributed by atoms with van der Waals surface area (Å²) in [4.78, 5) is 0. The molecule has 0 bridgehead atoms. The average molecular weight is 267 g/mol. The van der Waals surface area contributed by atoms with E-state index in [4.69, 9.17) is 14.6 Å². The lowest BCUT2D eigenvalue weighted by molar-refractivity contribution is -0.00727. The predicted octanol–water partition coefficient (Wildman–Crippen LogP) is 1.13. The summed E-state index contributed by atoms with van der Waals surface area (Å²) in [6.07, 6.45) is 1.51. The van der Waals surface area contributed by atoms with E-state index in [-0.39, 0.29) is 11.9 Å². The van der Waals surface area contributed by atoms with Crippen LogP contribution in [0, 0.1) is 5.92 Å². The van der Waals surface area contributed by atoms with Crippen LogP contribution in [-0.2, 0) is 19.5 Å². The van der Waals surface area contributed by atoms with Crippen molar-refractivity contribution in [2.45, 2.75) is 39.7 Å². The monoisotopic (exact) mass is 267 g/mol. The number of primary sulfonamides is 1. The van der Waals surface area contributed by atoms with E-state index in [0.717, 1.165) is 6.42 Å². The third-order valence-electron chi connectivity index (χ3n) is 2.46. The van der Waals surface area contributed by atoms with Crippen molar-refractivity contribution in [3.8, 4) is 0 Å². The fraction of sp³-hybridized carbons (Fsp3) is 1.00. The van der Waals surface area contributed by atoms with Crippen LogP contribution in [-0.4, -0.2) is 40.1 Å². The first-order valence-corrected chi connectivity index (χ1v) is 7.76. The van der Waals surface area contributed by atoms with Crippen molar-refractivity contribution in [3.05, 3.63) is 0 Å². The molecule has 2 N–H and O–H groups in total. The largest absolute Gasteiger partial charge is 0.379 e. The first kappa shape index (κ1) is 16.8. The summed E-state index contributed by atoms with van der Waals surface area (Å²) in [7, 11) is -3.33. The van der Waals surface area contributed by atoms with E-state index < -0.39 is 10.0 Å². The van der Waals surface area contributed by atoms with Crippen LogP contribution < -0.4 is 5.14 Å². The zero-order valence-electron chi connectivity index (χ0n) is 11.0. The molecule has 0 radical (unpaired) electrons. The Hall–Kier alpha value is -0.170. The van der Waals surface area contributed by atoms with E-state index in [2.05, 4.69) is 0 Å². The van der Waals surface area contributed by atoms with Crippen LogP contribution in [0.2, 0.25) is 0 Å². The summed E-state index contributed by atoms with van der Waals surface area (Å²) in [5.74, 6) is 0.343. The van der Waals surface area contributed by atoms with Gasteiger partial charge in [-0.1, -0.05) is 6.92 Å². The quantitative estimate of drug-likeness (QED) is 0.643. The summed E-state index contributed by atoms with van der Waals surface area (Å²) >= 11 is 0. The van der Waals surface area contributed by atoms with E-state index >= 15 is 0 Å². The Kier molecular flexibility index (Phi) is 8.77. The lowest BCUT2D eigenvalue weighted by atomic mass is 10.1. The number of rotatable bonds is 10. The molecule has 2 atom stereocenters. The van der Waals surface area contributed by atoms with Gasteiger partial charge in [0.15, 0.2) is 0 Å². The number of sulfonamides is 1. The van der Waals surface area contributed by atoms with Crippen molar-refractivity contribution >= 4 is 10.0 Å². The van der Waals surface area contributed by atoms with Crippen molar-refractivity contribution in [1.82, 2.24) is 0 Å². The minimum absolute atomic E-state index is 0.0443. The fourth-order valence-electron chi connectivity index (χ4n) is 1.31. The molecule has 0 spiro atoms. The second-order valence-corrected chi connectivity index (χ2v) is 6.12. The molecular weight excluding hydrogens is 242 g/mol.